The standard InChI is InChI=1S/C34H53NO8/c1-30(2,3)41-28(36)24-34(29(37)42-31(4,5)6)26(25-40-32(7,8)43-34)17-13-11-9-10-12-15-19-33(38-21-22-39-33)23-27-18-14-16-20-35-27/h13-14,16-18,20,26H,9-12,15,19,21-25H2,1-8H3/b17-13+/t26-,34+/m1/s1. The molecule has 242 valence electrons. The first-order valence-corrected chi connectivity index (χ1v) is 15.7. The number of unbranched alkanes of at least 4 members (excludes halogenated alkanes) is 4. The van der Waals surface area contributed by atoms with Crippen LogP contribution in [0.2, 0.25) is 0 Å². The third kappa shape index (κ3) is 11.3. The van der Waals surface area contributed by atoms with Crippen LogP contribution in [-0.4, -0.2) is 65.1 Å². The number of esters is 2. The maximum Gasteiger partial charge on any atom is 0.340 e. The molecule has 0 spiro atoms. The van der Waals surface area contributed by atoms with Crippen molar-refractivity contribution in [3.8, 4) is 0 Å². The van der Waals surface area contributed by atoms with E-state index < -0.39 is 46.2 Å². The van der Waals surface area contributed by atoms with Crippen molar-refractivity contribution in [2.75, 3.05) is 19.8 Å². The highest BCUT2D eigenvalue weighted by Crippen LogP contribution is 2.41. The highest BCUT2D eigenvalue weighted by molar-refractivity contribution is 5.87. The van der Waals surface area contributed by atoms with Crippen LogP contribution >= 0.6 is 0 Å². The molecule has 0 unspecified atom stereocenters. The number of carbonyl (C=O) groups excluding carboxylic acids is 2. The van der Waals surface area contributed by atoms with E-state index >= 15 is 0 Å². The minimum absolute atomic E-state index is 0.212. The van der Waals surface area contributed by atoms with E-state index in [1.807, 2.05) is 24.3 Å². The van der Waals surface area contributed by atoms with E-state index in [1.165, 1.54) is 0 Å². The summed E-state index contributed by atoms with van der Waals surface area (Å²) in [6, 6.07) is 5.90. The monoisotopic (exact) mass is 603 g/mol. The highest BCUT2D eigenvalue weighted by atomic mass is 16.7. The number of aromatic nitrogens is 1. The van der Waals surface area contributed by atoms with Crippen molar-refractivity contribution >= 4 is 11.9 Å². The van der Waals surface area contributed by atoms with Gasteiger partial charge in [-0.15, -0.1) is 0 Å². The van der Waals surface area contributed by atoms with Gasteiger partial charge in [-0.1, -0.05) is 31.1 Å². The van der Waals surface area contributed by atoms with Gasteiger partial charge < -0.3 is 28.4 Å². The summed E-state index contributed by atoms with van der Waals surface area (Å²) in [5, 5.41) is 0. The van der Waals surface area contributed by atoms with Gasteiger partial charge in [0, 0.05) is 30.7 Å². The van der Waals surface area contributed by atoms with Crippen LogP contribution < -0.4 is 0 Å². The first-order chi connectivity index (χ1) is 20.0. The zero-order valence-electron chi connectivity index (χ0n) is 27.5. The van der Waals surface area contributed by atoms with E-state index in [2.05, 4.69) is 11.1 Å². The summed E-state index contributed by atoms with van der Waals surface area (Å²) in [7, 11) is 0. The van der Waals surface area contributed by atoms with Gasteiger partial charge in [0.25, 0.3) is 0 Å². The number of hydrogen-bond donors (Lipinski definition) is 0. The summed E-state index contributed by atoms with van der Waals surface area (Å²) < 4.78 is 35.7. The van der Waals surface area contributed by atoms with Gasteiger partial charge in [-0.2, -0.15) is 0 Å². The molecule has 2 saturated heterocycles. The highest BCUT2D eigenvalue weighted by Gasteiger charge is 2.57. The zero-order chi connectivity index (χ0) is 31.8. The normalized spacial score (nSPS) is 23.8. The third-order valence-corrected chi connectivity index (χ3v) is 7.25. The fraction of sp³-hybridized carbons (Fsp3) is 0.735. The number of allylic oxidation sites excluding steroid dienone is 1. The summed E-state index contributed by atoms with van der Waals surface area (Å²) in [5.74, 6) is -3.30. The zero-order valence-corrected chi connectivity index (χ0v) is 27.5. The first kappa shape index (κ1) is 35.2. The van der Waals surface area contributed by atoms with Crippen molar-refractivity contribution in [2.45, 2.75) is 135 Å². The maximum absolute atomic E-state index is 13.7. The van der Waals surface area contributed by atoms with E-state index in [0.29, 0.717) is 19.6 Å². The Bertz CT molecular complexity index is 1070. The Morgan fingerprint density at radius 3 is 2.26 bits per heavy atom. The third-order valence-electron chi connectivity index (χ3n) is 7.25. The molecule has 2 fully saturated rings. The van der Waals surface area contributed by atoms with Crippen molar-refractivity contribution in [2.24, 2.45) is 5.92 Å². The Hall–Kier alpha value is -2.33. The fourth-order valence-electron chi connectivity index (χ4n) is 5.45. The fourth-order valence-corrected chi connectivity index (χ4v) is 5.45. The van der Waals surface area contributed by atoms with E-state index in [4.69, 9.17) is 28.4 Å². The molecular formula is C34H53NO8. The predicted octanol–water partition coefficient (Wildman–Crippen LogP) is 6.48. The summed E-state index contributed by atoms with van der Waals surface area (Å²) >= 11 is 0. The van der Waals surface area contributed by atoms with Crippen molar-refractivity contribution in [1.82, 2.24) is 4.98 Å². The van der Waals surface area contributed by atoms with E-state index in [9.17, 15) is 9.59 Å². The van der Waals surface area contributed by atoms with Gasteiger partial charge in [-0.05, 0) is 86.8 Å². The van der Waals surface area contributed by atoms with Gasteiger partial charge in [0.05, 0.1) is 26.2 Å². The van der Waals surface area contributed by atoms with Crippen LogP contribution in [0.25, 0.3) is 0 Å². The summed E-state index contributed by atoms with van der Waals surface area (Å²) in [6.07, 6.45) is 11.9. The molecule has 0 aliphatic carbocycles. The average molecular weight is 604 g/mol. The Labute approximate surface area is 258 Å². The van der Waals surface area contributed by atoms with Crippen LogP contribution in [0.5, 0.6) is 0 Å². The van der Waals surface area contributed by atoms with E-state index in [0.717, 1.165) is 44.2 Å². The molecule has 0 radical (unpaired) electrons. The Morgan fingerprint density at radius 1 is 0.953 bits per heavy atom. The summed E-state index contributed by atoms with van der Waals surface area (Å²) in [5.41, 5.74) is -2.06. The number of carbonyl (C=O) groups is 2. The number of ether oxygens (including phenoxy) is 6. The van der Waals surface area contributed by atoms with Crippen LogP contribution in [0.3, 0.4) is 0 Å². The Balaban J connectivity index is 1.59. The van der Waals surface area contributed by atoms with Crippen molar-refractivity contribution in [1.29, 1.82) is 0 Å². The van der Waals surface area contributed by atoms with Gasteiger partial charge in [0.1, 0.15) is 11.2 Å². The predicted molar refractivity (Wildman–Crippen MR) is 163 cm³/mol. The largest absolute Gasteiger partial charge is 0.460 e. The lowest BCUT2D eigenvalue weighted by Crippen LogP contribution is -2.61. The smallest absolute Gasteiger partial charge is 0.340 e. The topological polar surface area (TPSA) is 102 Å². The molecule has 0 amide bonds. The molecule has 9 nitrogen and oxygen atoms in total. The molecule has 1 aromatic heterocycles. The average Bonchev–Trinajstić information content (AvgIpc) is 3.33. The Morgan fingerprint density at radius 2 is 1.63 bits per heavy atom. The maximum atomic E-state index is 13.7. The number of rotatable bonds is 13. The van der Waals surface area contributed by atoms with Gasteiger partial charge in [0.2, 0.25) is 0 Å². The Kier molecular flexibility index (Phi) is 12.0. The van der Waals surface area contributed by atoms with Crippen molar-refractivity contribution in [3.05, 3.63) is 42.2 Å². The first-order valence-electron chi connectivity index (χ1n) is 15.7. The summed E-state index contributed by atoms with van der Waals surface area (Å²) in [4.78, 5) is 31.2. The van der Waals surface area contributed by atoms with Crippen molar-refractivity contribution < 1.29 is 38.0 Å². The molecule has 0 N–H and O–H groups in total. The molecule has 0 bridgehead atoms. The van der Waals surface area contributed by atoms with Crippen LogP contribution in [-0.2, 0) is 44.4 Å². The quantitative estimate of drug-likeness (QED) is 0.142. The van der Waals surface area contributed by atoms with Gasteiger partial charge in [0.15, 0.2) is 17.2 Å². The van der Waals surface area contributed by atoms with Crippen LogP contribution in [0.1, 0.15) is 106 Å². The SMILES string of the molecule is CC(C)(C)OC(=O)C[C@]1(C(=O)OC(C)(C)C)OC(C)(C)OC[C@H]1/C=C/CCCCCCC1(Cc2ccccn2)OCCO1. The second-order valence-corrected chi connectivity index (χ2v) is 14.1. The molecule has 0 aromatic carbocycles. The van der Waals surface area contributed by atoms with E-state index in [-0.39, 0.29) is 13.0 Å². The van der Waals surface area contributed by atoms with Gasteiger partial charge in [-0.25, -0.2) is 4.79 Å². The molecule has 1 aromatic rings. The molecular weight excluding hydrogens is 550 g/mol. The van der Waals surface area contributed by atoms with Crippen LogP contribution in [0.15, 0.2) is 36.5 Å². The lowest BCUT2D eigenvalue weighted by Gasteiger charge is -2.47. The van der Waals surface area contributed by atoms with E-state index in [1.54, 1.807) is 61.6 Å². The van der Waals surface area contributed by atoms with Crippen LogP contribution in [0.4, 0.5) is 0 Å². The van der Waals surface area contributed by atoms with Gasteiger partial charge in [-0.3, -0.25) is 9.78 Å². The summed E-state index contributed by atoms with van der Waals surface area (Å²) in [6.45, 7) is 15.7. The molecule has 2 aliphatic rings. The molecule has 3 heterocycles. The number of nitrogens with zero attached hydrogens (tertiary/aromatic N) is 1. The minimum Gasteiger partial charge on any atom is -0.460 e. The second kappa shape index (κ2) is 14.6. The second-order valence-electron chi connectivity index (χ2n) is 14.1. The number of hydrogen-bond acceptors (Lipinski definition) is 9. The molecule has 0 saturated carbocycles. The number of pyridine rings is 1. The van der Waals surface area contributed by atoms with Gasteiger partial charge >= 0.3 is 11.9 Å². The van der Waals surface area contributed by atoms with Crippen LogP contribution in [0, 0.1) is 5.92 Å². The molecule has 9 heteroatoms. The molecule has 2 atom stereocenters. The molecule has 43 heavy (non-hydrogen) atoms. The minimum atomic E-state index is -1.57. The molecule has 3 rings (SSSR count). The van der Waals surface area contributed by atoms with Crippen molar-refractivity contribution in [3.63, 3.8) is 0 Å². The molecule has 2 aliphatic heterocycles. The lowest BCUT2D eigenvalue weighted by atomic mass is 9.82. The lowest BCUT2D eigenvalue weighted by molar-refractivity contribution is -0.323.